The van der Waals surface area contributed by atoms with Gasteiger partial charge in [-0.1, -0.05) is 6.92 Å². The number of hydrogen-bond donors (Lipinski definition) is 1. The molecule has 1 fully saturated rings. The average molecular weight is 238 g/mol. The van der Waals surface area contributed by atoms with E-state index in [2.05, 4.69) is 12.2 Å². The van der Waals surface area contributed by atoms with Crippen molar-refractivity contribution in [2.45, 2.75) is 51.4 Å². The van der Waals surface area contributed by atoms with Gasteiger partial charge in [-0.25, -0.2) is 0 Å². The van der Waals surface area contributed by atoms with Crippen molar-refractivity contribution in [1.82, 2.24) is 10.2 Å². The van der Waals surface area contributed by atoms with Crippen LogP contribution in [0, 0.1) is 0 Å². The molecule has 1 heterocycles. The van der Waals surface area contributed by atoms with E-state index in [9.17, 15) is 13.2 Å². The molecule has 0 aromatic rings. The standard InChI is InChI=1S/C11H21F3N2/c1-4-9-7-16(6-5-11(12,13)14)10(2,3)8-15-9/h9,15H,4-8H2,1-3H3. The zero-order valence-corrected chi connectivity index (χ0v) is 10.2. The predicted molar refractivity (Wildman–Crippen MR) is 58.4 cm³/mol. The van der Waals surface area contributed by atoms with Gasteiger partial charge in [-0.2, -0.15) is 13.2 Å². The zero-order chi connectivity index (χ0) is 12.4. The van der Waals surface area contributed by atoms with Crippen LogP contribution in [0.15, 0.2) is 0 Å². The average Bonchev–Trinajstić information content (AvgIpc) is 2.14. The van der Waals surface area contributed by atoms with Crippen molar-refractivity contribution in [3.8, 4) is 0 Å². The molecule has 0 radical (unpaired) electrons. The van der Waals surface area contributed by atoms with Gasteiger partial charge in [0.15, 0.2) is 0 Å². The lowest BCUT2D eigenvalue weighted by Crippen LogP contribution is -2.62. The Labute approximate surface area is 95.2 Å². The number of alkyl halides is 3. The number of rotatable bonds is 3. The topological polar surface area (TPSA) is 15.3 Å². The summed E-state index contributed by atoms with van der Waals surface area (Å²) in [5, 5.41) is 3.36. The SMILES string of the molecule is CCC1CN(CCC(F)(F)F)C(C)(C)CN1. The van der Waals surface area contributed by atoms with Crippen molar-refractivity contribution in [3.05, 3.63) is 0 Å². The number of nitrogens with zero attached hydrogens (tertiary/aromatic N) is 1. The molecule has 0 aromatic carbocycles. The number of piperazine rings is 1. The van der Waals surface area contributed by atoms with Crippen LogP contribution in [0.1, 0.15) is 33.6 Å². The van der Waals surface area contributed by atoms with E-state index in [0.717, 1.165) is 13.0 Å². The Morgan fingerprint density at radius 2 is 2.00 bits per heavy atom. The fourth-order valence-electron chi connectivity index (χ4n) is 2.01. The third-order valence-corrected chi connectivity index (χ3v) is 3.28. The molecule has 1 N–H and O–H groups in total. The van der Waals surface area contributed by atoms with Crippen molar-refractivity contribution < 1.29 is 13.2 Å². The molecule has 0 bridgehead atoms. The first kappa shape index (κ1) is 13.8. The summed E-state index contributed by atoms with van der Waals surface area (Å²) in [6.45, 7) is 7.60. The Morgan fingerprint density at radius 1 is 1.38 bits per heavy atom. The molecule has 96 valence electrons. The van der Waals surface area contributed by atoms with Crippen LogP contribution in [0.25, 0.3) is 0 Å². The lowest BCUT2D eigenvalue weighted by atomic mass is 9.96. The summed E-state index contributed by atoms with van der Waals surface area (Å²) in [5.74, 6) is 0. The Morgan fingerprint density at radius 3 is 2.50 bits per heavy atom. The number of nitrogens with one attached hydrogen (secondary N) is 1. The van der Waals surface area contributed by atoms with E-state index in [0.29, 0.717) is 12.6 Å². The van der Waals surface area contributed by atoms with Crippen molar-refractivity contribution >= 4 is 0 Å². The van der Waals surface area contributed by atoms with Crippen molar-refractivity contribution in [2.75, 3.05) is 19.6 Å². The number of hydrogen-bond acceptors (Lipinski definition) is 2. The maximum Gasteiger partial charge on any atom is 0.390 e. The van der Waals surface area contributed by atoms with Crippen molar-refractivity contribution in [2.24, 2.45) is 0 Å². The van der Waals surface area contributed by atoms with E-state index in [1.165, 1.54) is 0 Å². The minimum atomic E-state index is -4.05. The van der Waals surface area contributed by atoms with Gasteiger partial charge in [0, 0.05) is 31.2 Å². The van der Waals surface area contributed by atoms with Gasteiger partial charge in [0.05, 0.1) is 6.42 Å². The van der Waals surface area contributed by atoms with E-state index < -0.39 is 12.6 Å². The van der Waals surface area contributed by atoms with Crippen LogP contribution in [0.2, 0.25) is 0 Å². The van der Waals surface area contributed by atoms with E-state index in [1.54, 1.807) is 0 Å². The fourth-order valence-corrected chi connectivity index (χ4v) is 2.01. The predicted octanol–water partition coefficient (Wildman–Crippen LogP) is 2.40. The monoisotopic (exact) mass is 238 g/mol. The molecule has 5 heteroatoms. The molecule has 1 atom stereocenters. The molecule has 1 unspecified atom stereocenters. The lowest BCUT2D eigenvalue weighted by Gasteiger charge is -2.46. The molecule has 1 saturated heterocycles. The van der Waals surface area contributed by atoms with Gasteiger partial charge in [0.1, 0.15) is 0 Å². The zero-order valence-electron chi connectivity index (χ0n) is 10.2. The lowest BCUT2D eigenvalue weighted by molar-refractivity contribution is -0.142. The molecule has 0 spiro atoms. The molecule has 1 rings (SSSR count). The van der Waals surface area contributed by atoms with Gasteiger partial charge < -0.3 is 5.32 Å². The number of halogens is 3. The van der Waals surface area contributed by atoms with Gasteiger partial charge in [-0.15, -0.1) is 0 Å². The second-order valence-corrected chi connectivity index (χ2v) is 5.11. The highest BCUT2D eigenvalue weighted by molar-refractivity contribution is 4.92. The Bertz CT molecular complexity index is 226. The Hall–Kier alpha value is -0.290. The molecule has 1 aliphatic heterocycles. The first-order valence-corrected chi connectivity index (χ1v) is 5.80. The van der Waals surface area contributed by atoms with Crippen LogP contribution in [0.4, 0.5) is 13.2 Å². The Balaban J connectivity index is 2.53. The molecular formula is C11H21F3N2. The van der Waals surface area contributed by atoms with E-state index in [4.69, 9.17) is 0 Å². The van der Waals surface area contributed by atoms with Crippen LogP contribution in [0.3, 0.4) is 0 Å². The maximum absolute atomic E-state index is 12.2. The van der Waals surface area contributed by atoms with Gasteiger partial charge >= 0.3 is 6.18 Å². The molecule has 16 heavy (non-hydrogen) atoms. The van der Waals surface area contributed by atoms with Crippen molar-refractivity contribution in [3.63, 3.8) is 0 Å². The minimum absolute atomic E-state index is 0.106. The van der Waals surface area contributed by atoms with Crippen LogP contribution in [0.5, 0.6) is 0 Å². The molecule has 1 aliphatic rings. The maximum atomic E-state index is 12.2. The molecule has 2 nitrogen and oxygen atoms in total. The van der Waals surface area contributed by atoms with Crippen LogP contribution in [-0.4, -0.2) is 42.3 Å². The second-order valence-electron chi connectivity index (χ2n) is 5.11. The molecule has 0 amide bonds. The highest BCUT2D eigenvalue weighted by Crippen LogP contribution is 2.25. The van der Waals surface area contributed by atoms with Gasteiger partial charge in [0.2, 0.25) is 0 Å². The molecule has 0 aromatic heterocycles. The fraction of sp³-hybridized carbons (Fsp3) is 1.00. The summed E-state index contributed by atoms with van der Waals surface area (Å²) < 4.78 is 36.6. The van der Waals surface area contributed by atoms with Crippen molar-refractivity contribution in [1.29, 1.82) is 0 Å². The van der Waals surface area contributed by atoms with Gasteiger partial charge in [-0.05, 0) is 20.3 Å². The summed E-state index contributed by atoms with van der Waals surface area (Å²) in [4.78, 5) is 1.95. The third kappa shape index (κ3) is 3.94. The summed E-state index contributed by atoms with van der Waals surface area (Å²) in [7, 11) is 0. The van der Waals surface area contributed by atoms with E-state index in [-0.39, 0.29) is 12.1 Å². The minimum Gasteiger partial charge on any atom is -0.311 e. The second kappa shape index (κ2) is 4.92. The first-order chi connectivity index (χ1) is 7.24. The molecular weight excluding hydrogens is 217 g/mol. The van der Waals surface area contributed by atoms with Gasteiger partial charge in [0.25, 0.3) is 0 Å². The summed E-state index contributed by atoms with van der Waals surface area (Å²) in [6.07, 6.45) is -3.81. The van der Waals surface area contributed by atoms with E-state index >= 15 is 0 Å². The summed E-state index contributed by atoms with van der Waals surface area (Å²) in [5.41, 5.74) is -0.184. The first-order valence-electron chi connectivity index (χ1n) is 5.80. The quantitative estimate of drug-likeness (QED) is 0.812. The van der Waals surface area contributed by atoms with E-state index in [1.807, 2.05) is 18.7 Å². The highest BCUT2D eigenvalue weighted by Gasteiger charge is 2.36. The normalized spacial score (nSPS) is 27.0. The van der Waals surface area contributed by atoms with Gasteiger partial charge in [-0.3, -0.25) is 4.90 Å². The molecule has 0 saturated carbocycles. The summed E-state index contributed by atoms with van der Waals surface area (Å²) >= 11 is 0. The van der Waals surface area contributed by atoms with Crippen LogP contribution >= 0.6 is 0 Å². The summed E-state index contributed by atoms with van der Waals surface area (Å²) in [6, 6.07) is 0.321. The highest BCUT2D eigenvalue weighted by atomic mass is 19.4. The van der Waals surface area contributed by atoms with Crippen LogP contribution in [-0.2, 0) is 0 Å². The van der Waals surface area contributed by atoms with Crippen LogP contribution < -0.4 is 5.32 Å². The third-order valence-electron chi connectivity index (χ3n) is 3.28. The Kier molecular flexibility index (Phi) is 4.23. The largest absolute Gasteiger partial charge is 0.390 e. The smallest absolute Gasteiger partial charge is 0.311 e. The molecule has 0 aliphatic carbocycles.